The summed E-state index contributed by atoms with van der Waals surface area (Å²) in [5, 5.41) is 0. The molecule has 0 aliphatic carbocycles. The van der Waals surface area contributed by atoms with Gasteiger partial charge < -0.3 is 4.90 Å². The van der Waals surface area contributed by atoms with Crippen LogP contribution in [0.2, 0.25) is 0 Å². The fraction of sp³-hybridized carbons (Fsp3) is 0.514. The van der Waals surface area contributed by atoms with Crippen molar-refractivity contribution in [3.05, 3.63) is 107 Å². The van der Waals surface area contributed by atoms with Crippen LogP contribution in [0.5, 0.6) is 0 Å². The summed E-state index contributed by atoms with van der Waals surface area (Å²) in [6, 6.07) is 20.2. The highest BCUT2D eigenvalue weighted by Gasteiger charge is 2.24. The number of benzene rings is 2. The lowest BCUT2D eigenvalue weighted by molar-refractivity contribution is 0.179. The standard InChI is InChI=1S/C37H53N/c1-6-8-13-30(3)18-19-31(4)14-12-15-33(7-2)28-34-24-26-38(27-25-34)29-37(35-16-10-9-11-17-35)36-22-20-32(5)21-23-36/h9-12,14-17,20-23,30,34,37H,4,6-8,13,18-19,24-29H2,1-3,5H3/b14-12-,33-15+. The van der Waals surface area contributed by atoms with Crippen molar-refractivity contribution in [1.29, 1.82) is 0 Å². The molecule has 1 aliphatic heterocycles. The van der Waals surface area contributed by atoms with E-state index in [4.69, 9.17) is 0 Å². The van der Waals surface area contributed by atoms with Crippen LogP contribution in [0.1, 0.15) is 101 Å². The van der Waals surface area contributed by atoms with Crippen LogP contribution in [-0.4, -0.2) is 24.5 Å². The van der Waals surface area contributed by atoms with E-state index in [2.05, 4.69) is 112 Å². The molecule has 3 rings (SSSR count). The lowest BCUT2D eigenvalue weighted by Crippen LogP contribution is -2.37. The van der Waals surface area contributed by atoms with Crippen molar-refractivity contribution in [2.75, 3.05) is 19.6 Å². The van der Waals surface area contributed by atoms with Crippen LogP contribution in [0.4, 0.5) is 0 Å². The summed E-state index contributed by atoms with van der Waals surface area (Å²) in [4.78, 5) is 2.70. The molecule has 206 valence electrons. The van der Waals surface area contributed by atoms with E-state index in [1.165, 1.54) is 80.3 Å². The van der Waals surface area contributed by atoms with E-state index < -0.39 is 0 Å². The maximum Gasteiger partial charge on any atom is 0.0217 e. The van der Waals surface area contributed by atoms with Crippen LogP contribution in [0, 0.1) is 18.8 Å². The summed E-state index contributed by atoms with van der Waals surface area (Å²) in [5.41, 5.74) is 7.06. The maximum atomic E-state index is 4.30. The normalized spacial score (nSPS) is 17.1. The number of piperidine rings is 1. The smallest absolute Gasteiger partial charge is 0.0217 e. The Kier molecular flexibility index (Phi) is 13.1. The molecule has 0 saturated carbocycles. The third-order valence-electron chi connectivity index (χ3n) is 8.51. The molecule has 1 nitrogen and oxygen atoms in total. The highest BCUT2D eigenvalue weighted by Crippen LogP contribution is 2.30. The number of likely N-dealkylation sites (tertiary alicyclic amines) is 1. The van der Waals surface area contributed by atoms with E-state index in [1.807, 2.05) is 0 Å². The highest BCUT2D eigenvalue weighted by molar-refractivity contribution is 5.34. The van der Waals surface area contributed by atoms with Gasteiger partial charge in [-0.1, -0.05) is 136 Å². The Morgan fingerprint density at radius 1 is 0.974 bits per heavy atom. The van der Waals surface area contributed by atoms with Gasteiger partial charge in [0.1, 0.15) is 0 Å². The van der Waals surface area contributed by atoms with Crippen molar-refractivity contribution in [2.24, 2.45) is 11.8 Å². The van der Waals surface area contributed by atoms with E-state index in [0.717, 1.165) is 31.2 Å². The average Bonchev–Trinajstić information content (AvgIpc) is 2.95. The first-order valence-corrected chi connectivity index (χ1v) is 15.4. The lowest BCUT2D eigenvalue weighted by atomic mass is 9.86. The highest BCUT2D eigenvalue weighted by atomic mass is 15.1. The second-order valence-electron chi connectivity index (χ2n) is 11.8. The topological polar surface area (TPSA) is 3.24 Å². The fourth-order valence-corrected chi connectivity index (χ4v) is 5.75. The van der Waals surface area contributed by atoms with Crippen molar-refractivity contribution < 1.29 is 0 Å². The van der Waals surface area contributed by atoms with Crippen molar-refractivity contribution in [3.63, 3.8) is 0 Å². The van der Waals surface area contributed by atoms with Gasteiger partial charge in [-0.3, -0.25) is 0 Å². The zero-order chi connectivity index (χ0) is 27.2. The minimum atomic E-state index is 0.437. The number of unbranched alkanes of at least 4 members (excludes halogenated alkanes) is 1. The van der Waals surface area contributed by atoms with Gasteiger partial charge in [-0.15, -0.1) is 0 Å². The van der Waals surface area contributed by atoms with Gasteiger partial charge in [0, 0.05) is 12.5 Å². The van der Waals surface area contributed by atoms with Crippen LogP contribution in [-0.2, 0) is 0 Å². The van der Waals surface area contributed by atoms with Gasteiger partial charge in [0.15, 0.2) is 0 Å². The molecule has 1 fully saturated rings. The third kappa shape index (κ3) is 10.4. The average molecular weight is 512 g/mol. The SMILES string of the molecule is C=C(/C=C\C=C(/CC)CC1CCN(CC(c2ccccc2)c2ccc(C)cc2)CC1)CCC(C)CCCC. The Balaban J connectivity index is 1.48. The molecule has 0 spiro atoms. The largest absolute Gasteiger partial charge is 0.302 e. The Hall–Kier alpha value is -2.38. The van der Waals surface area contributed by atoms with Crippen LogP contribution in [0.25, 0.3) is 0 Å². The maximum absolute atomic E-state index is 4.30. The van der Waals surface area contributed by atoms with Gasteiger partial charge in [-0.2, -0.15) is 0 Å². The van der Waals surface area contributed by atoms with Gasteiger partial charge in [-0.05, 0) is 81.5 Å². The zero-order valence-electron chi connectivity index (χ0n) is 24.8. The van der Waals surface area contributed by atoms with E-state index in [-0.39, 0.29) is 0 Å². The number of allylic oxidation sites excluding steroid dienone is 5. The molecule has 0 amide bonds. The predicted octanol–water partition coefficient (Wildman–Crippen LogP) is 10.3. The van der Waals surface area contributed by atoms with E-state index in [9.17, 15) is 0 Å². The van der Waals surface area contributed by atoms with Gasteiger partial charge in [-0.25, -0.2) is 0 Å². The fourth-order valence-electron chi connectivity index (χ4n) is 5.75. The molecule has 1 heteroatoms. The van der Waals surface area contributed by atoms with Gasteiger partial charge in [0.25, 0.3) is 0 Å². The van der Waals surface area contributed by atoms with Crippen LogP contribution >= 0.6 is 0 Å². The minimum Gasteiger partial charge on any atom is -0.302 e. The Bertz CT molecular complexity index is 989. The predicted molar refractivity (Wildman–Crippen MR) is 168 cm³/mol. The molecular weight excluding hydrogens is 458 g/mol. The van der Waals surface area contributed by atoms with Gasteiger partial charge >= 0.3 is 0 Å². The summed E-state index contributed by atoms with van der Waals surface area (Å²) in [6.07, 6.45) is 18.3. The molecule has 0 aromatic heterocycles. The van der Waals surface area contributed by atoms with E-state index in [1.54, 1.807) is 5.57 Å². The minimum absolute atomic E-state index is 0.437. The molecule has 1 saturated heterocycles. The number of aryl methyl sites for hydroxylation is 1. The quantitative estimate of drug-likeness (QED) is 0.215. The van der Waals surface area contributed by atoms with Crippen LogP contribution in [0.15, 0.2) is 90.6 Å². The molecule has 1 aliphatic rings. The molecule has 1 heterocycles. The first-order chi connectivity index (χ1) is 18.5. The molecular formula is C37H53N. The number of hydrogen-bond acceptors (Lipinski definition) is 1. The molecule has 38 heavy (non-hydrogen) atoms. The molecule has 0 bridgehead atoms. The van der Waals surface area contributed by atoms with Crippen molar-refractivity contribution in [1.82, 2.24) is 4.90 Å². The summed E-state index contributed by atoms with van der Waals surface area (Å²) in [6.45, 7) is 17.0. The molecule has 2 aromatic rings. The van der Waals surface area contributed by atoms with Crippen molar-refractivity contribution in [2.45, 2.75) is 91.4 Å². The second-order valence-corrected chi connectivity index (χ2v) is 11.8. The van der Waals surface area contributed by atoms with Gasteiger partial charge in [0.2, 0.25) is 0 Å². The Morgan fingerprint density at radius 2 is 1.66 bits per heavy atom. The number of nitrogens with zero attached hydrogens (tertiary/aromatic N) is 1. The summed E-state index contributed by atoms with van der Waals surface area (Å²) in [5.74, 6) is 2.06. The van der Waals surface area contributed by atoms with E-state index in [0.29, 0.717) is 5.92 Å². The second kappa shape index (κ2) is 16.6. The number of rotatable bonds is 15. The van der Waals surface area contributed by atoms with Crippen molar-refractivity contribution in [3.8, 4) is 0 Å². The summed E-state index contributed by atoms with van der Waals surface area (Å²) < 4.78 is 0. The summed E-state index contributed by atoms with van der Waals surface area (Å²) in [7, 11) is 0. The van der Waals surface area contributed by atoms with Crippen molar-refractivity contribution >= 4 is 0 Å². The Labute approximate surface area is 234 Å². The molecule has 2 unspecified atom stereocenters. The zero-order valence-corrected chi connectivity index (χ0v) is 24.8. The number of hydrogen-bond donors (Lipinski definition) is 0. The summed E-state index contributed by atoms with van der Waals surface area (Å²) >= 11 is 0. The molecule has 2 atom stereocenters. The van der Waals surface area contributed by atoms with Crippen LogP contribution < -0.4 is 0 Å². The lowest BCUT2D eigenvalue weighted by Gasteiger charge is -2.35. The van der Waals surface area contributed by atoms with Gasteiger partial charge in [0.05, 0.1) is 0 Å². The Morgan fingerprint density at radius 3 is 2.32 bits per heavy atom. The monoisotopic (exact) mass is 511 g/mol. The molecule has 0 radical (unpaired) electrons. The molecule has 0 N–H and O–H groups in total. The first-order valence-electron chi connectivity index (χ1n) is 15.4. The first kappa shape index (κ1) is 30.2. The van der Waals surface area contributed by atoms with E-state index >= 15 is 0 Å². The van der Waals surface area contributed by atoms with Crippen LogP contribution in [0.3, 0.4) is 0 Å². The third-order valence-corrected chi connectivity index (χ3v) is 8.51. The molecule has 2 aromatic carbocycles.